The number of carbonyl (C=O) groups excluding carboxylic acids is 1. The van der Waals surface area contributed by atoms with Crippen molar-refractivity contribution in [3.8, 4) is 5.75 Å². The van der Waals surface area contributed by atoms with E-state index in [-0.39, 0.29) is 5.91 Å². The quantitative estimate of drug-likeness (QED) is 0.801. The molecule has 6 heteroatoms. The Hall–Kier alpha value is -2.50. The molecule has 0 fully saturated rings. The van der Waals surface area contributed by atoms with E-state index in [2.05, 4.69) is 10.4 Å². The number of hydrogen-bond donors (Lipinski definition) is 2. The zero-order valence-electron chi connectivity index (χ0n) is 10.9. The minimum atomic E-state index is -0.231. The molecule has 2 aromatic rings. The van der Waals surface area contributed by atoms with Gasteiger partial charge in [0.25, 0.3) is 5.91 Å². The third kappa shape index (κ3) is 2.67. The van der Waals surface area contributed by atoms with E-state index in [0.717, 1.165) is 5.69 Å². The Morgan fingerprint density at radius 3 is 2.89 bits per heavy atom. The van der Waals surface area contributed by atoms with Gasteiger partial charge in [-0.1, -0.05) is 6.07 Å². The van der Waals surface area contributed by atoms with E-state index in [1.807, 2.05) is 13.1 Å². The number of aromatic nitrogens is 2. The molecule has 0 bridgehead atoms. The van der Waals surface area contributed by atoms with Gasteiger partial charge in [-0.25, -0.2) is 0 Å². The molecular formula is C13H16N4O2. The fourth-order valence-corrected chi connectivity index (χ4v) is 1.80. The third-order valence-electron chi connectivity index (χ3n) is 2.85. The number of methoxy groups -OCH3 is 1. The number of aryl methyl sites for hydroxylation is 1. The normalized spacial score (nSPS) is 10.2. The highest BCUT2D eigenvalue weighted by Gasteiger charge is 2.14. The second kappa shape index (κ2) is 5.43. The number of carbonyl (C=O) groups is 1. The van der Waals surface area contributed by atoms with E-state index < -0.39 is 0 Å². The van der Waals surface area contributed by atoms with E-state index in [1.165, 1.54) is 7.11 Å². The Bertz CT molecular complexity index is 592. The van der Waals surface area contributed by atoms with Gasteiger partial charge >= 0.3 is 0 Å². The molecule has 0 saturated carbocycles. The van der Waals surface area contributed by atoms with E-state index in [9.17, 15) is 4.79 Å². The standard InChI is InChI=1S/C13H16N4O2/c1-17-9(6-7-16-17)8-15-13(18)10-4-3-5-11(14)12(10)19-2/h3-7H,8,14H2,1-2H3,(H,15,18). The molecule has 0 radical (unpaired) electrons. The van der Waals surface area contributed by atoms with Crippen LogP contribution in [0.4, 0.5) is 5.69 Å². The van der Waals surface area contributed by atoms with Gasteiger partial charge in [-0.05, 0) is 18.2 Å². The summed E-state index contributed by atoms with van der Waals surface area (Å²) >= 11 is 0. The molecule has 19 heavy (non-hydrogen) atoms. The zero-order valence-corrected chi connectivity index (χ0v) is 10.9. The van der Waals surface area contributed by atoms with Crippen LogP contribution in [-0.4, -0.2) is 22.8 Å². The monoisotopic (exact) mass is 260 g/mol. The number of rotatable bonds is 4. The predicted molar refractivity (Wildman–Crippen MR) is 71.8 cm³/mol. The maximum Gasteiger partial charge on any atom is 0.255 e. The lowest BCUT2D eigenvalue weighted by Crippen LogP contribution is -2.24. The van der Waals surface area contributed by atoms with Crippen LogP contribution in [0, 0.1) is 0 Å². The number of benzene rings is 1. The molecular weight excluding hydrogens is 244 g/mol. The maximum atomic E-state index is 12.1. The molecule has 3 N–H and O–H groups in total. The maximum absolute atomic E-state index is 12.1. The molecule has 0 unspecified atom stereocenters. The number of ether oxygens (including phenoxy) is 1. The van der Waals surface area contributed by atoms with Crippen molar-refractivity contribution >= 4 is 11.6 Å². The molecule has 6 nitrogen and oxygen atoms in total. The van der Waals surface area contributed by atoms with Crippen molar-refractivity contribution in [3.63, 3.8) is 0 Å². The van der Waals surface area contributed by atoms with Crippen LogP contribution in [0.1, 0.15) is 16.1 Å². The van der Waals surface area contributed by atoms with Crippen LogP contribution >= 0.6 is 0 Å². The fourth-order valence-electron chi connectivity index (χ4n) is 1.80. The highest BCUT2D eigenvalue weighted by Crippen LogP contribution is 2.25. The molecule has 0 spiro atoms. The van der Waals surface area contributed by atoms with Crippen molar-refractivity contribution in [1.82, 2.24) is 15.1 Å². The molecule has 1 heterocycles. The van der Waals surface area contributed by atoms with Gasteiger partial charge in [0.15, 0.2) is 5.75 Å². The number of hydrogen-bond acceptors (Lipinski definition) is 4. The minimum Gasteiger partial charge on any atom is -0.494 e. The Kier molecular flexibility index (Phi) is 3.70. The SMILES string of the molecule is COc1c(N)cccc1C(=O)NCc1ccnn1C. The lowest BCUT2D eigenvalue weighted by Gasteiger charge is -2.11. The van der Waals surface area contributed by atoms with Crippen molar-refractivity contribution in [2.24, 2.45) is 7.05 Å². The van der Waals surface area contributed by atoms with E-state index in [0.29, 0.717) is 23.5 Å². The van der Waals surface area contributed by atoms with Crippen molar-refractivity contribution < 1.29 is 9.53 Å². The fraction of sp³-hybridized carbons (Fsp3) is 0.231. The summed E-state index contributed by atoms with van der Waals surface area (Å²) in [5, 5.41) is 6.84. The first-order chi connectivity index (χ1) is 9.13. The molecule has 2 rings (SSSR count). The number of amides is 1. The first-order valence-corrected chi connectivity index (χ1v) is 5.81. The van der Waals surface area contributed by atoms with Crippen molar-refractivity contribution in [2.45, 2.75) is 6.54 Å². The van der Waals surface area contributed by atoms with Gasteiger partial charge < -0.3 is 15.8 Å². The van der Waals surface area contributed by atoms with E-state index >= 15 is 0 Å². The van der Waals surface area contributed by atoms with Gasteiger partial charge in [0.05, 0.1) is 30.6 Å². The smallest absolute Gasteiger partial charge is 0.255 e. The average molecular weight is 260 g/mol. The summed E-state index contributed by atoms with van der Waals surface area (Å²) in [6.07, 6.45) is 1.68. The van der Waals surface area contributed by atoms with Gasteiger partial charge in [-0.2, -0.15) is 5.10 Å². The van der Waals surface area contributed by atoms with Gasteiger partial charge in [-0.3, -0.25) is 9.48 Å². The van der Waals surface area contributed by atoms with Crippen LogP contribution in [0.3, 0.4) is 0 Å². The largest absolute Gasteiger partial charge is 0.494 e. The Morgan fingerprint density at radius 1 is 1.47 bits per heavy atom. The molecule has 0 aliphatic heterocycles. The second-order valence-corrected chi connectivity index (χ2v) is 4.06. The first kappa shape index (κ1) is 12.9. The average Bonchev–Trinajstić information content (AvgIpc) is 2.81. The molecule has 0 saturated heterocycles. The van der Waals surface area contributed by atoms with Crippen LogP contribution < -0.4 is 15.8 Å². The topological polar surface area (TPSA) is 82.2 Å². The lowest BCUT2D eigenvalue weighted by molar-refractivity contribution is 0.0947. The molecule has 1 aromatic heterocycles. The number of nitrogens with zero attached hydrogens (tertiary/aromatic N) is 2. The molecule has 1 aromatic carbocycles. The van der Waals surface area contributed by atoms with E-state index in [4.69, 9.17) is 10.5 Å². The minimum absolute atomic E-state index is 0.231. The van der Waals surface area contributed by atoms with Crippen LogP contribution in [0.25, 0.3) is 0 Å². The number of nitrogens with one attached hydrogen (secondary N) is 1. The van der Waals surface area contributed by atoms with Gasteiger partial charge in [0.2, 0.25) is 0 Å². The Morgan fingerprint density at radius 2 is 2.26 bits per heavy atom. The van der Waals surface area contributed by atoms with Crippen LogP contribution in [0.15, 0.2) is 30.5 Å². The molecule has 0 aliphatic rings. The van der Waals surface area contributed by atoms with E-state index in [1.54, 1.807) is 29.1 Å². The summed E-state index contributed by atoms with van der Waals surface area (Å²) in [6.45, 7) is 0.396. The van der Waals surface area contributed by atoms with Crippen LogP contribution in [0.5, 0.6) is 5.75 Å². The number of nitrogens with two attached hydrogens (primary N) is 1. The summed E-state index contributed by atoms with van der Waals surface area (Å²) < 4.78 is 6.86. The predicted octanol–water partition coefficient (Wildman–Crippen LogP) is 0.941. The summed E-state index contributed by atoms with van der Waals surface area (Å²) in [6, 6.07) is 6.93. The summed E-state index contributed by atoms with van der Waals surface area (Å²) in [5.74, 6) is 0.162. The number of para-hydroxylation sites is 1. The van der Waals surface area contributed by atoms with Crippen molar-refractivity contribution in [2.75, 3.05) is 12.8 Å². The highest BCUT2D eigenvalue weighted by molar-refractivity contribution is 5.98. The summed E-state index contributed by atoms with van der Waals surface area (Å²) in [5.41, 5.74) is 7.54. The van der Waals surface area contributed by atoms with Crippen LogP contribution in [0.2, 0.25) is 0 Å². The van der Waals surface area contributed by atoms with Gasteiger partial charge in [0.1, 0.15) is 0 Å². The number of nitrogen functional groups attached to an aromatic ring is 1. The zero-order chi connectivity index (χ0) is 13.8. The Labute approximate surface area is 111 Å². The first-order valence-electron chi connectivity index (χ1n) is 5.81. The molecule has 0 aliphatic carbocycles. The molecule has 0 atom stereocenters. The summed E-state index contributed by atoms with van der Waals surface area (Å²) in [4.78, 5) is 12.1. The number of anilines is 1. The highest BCUT2D eigenvalue weighted by atomic mass is 16.5. The molecule has 100 valence electrons. The third-order valence-corrected chi connectivity index (χ3v) is 2.85. The van der Waals surface area contributed by atoms with Gasteiger partial charge in [0, 0.05) is 13.2 Å². The molecule has 1 amide bonds. The van der Waals surface area contributed by atoms with Crippen molar-refractivity contribution in [1.29, 1.82) is 0 Å². The van der Waals surface area contributed by atoms with Crippen LogP contribution in [-0.2, 0) is 13.6 Å². The second-order valence-electron chi connectivity index (χ2n) is 4.06. The van der Waals surface area contributed by atoms with Crippen molar-refractivity contribution in [3.05, 3.63) is 41.7 Å². The lowest BCUT2D eigenvalue weighted by atomic mass is 10.1. The van der Waals surface area contributed by atoms with Gasteiger partial charge in [-0.15, -0.1) is 0 Å². The Balaban J connectivity index is 2.12. The summed E-state index contributed by atoms with van der Waals surface area (Å²) in [7, 11) is 3.31.